The maximum Gasteiger partial charge on any atom is 0.0901 e. The molecular weight excluding hydrogens is 232 g/mol. The van der Waals surface area contributed by atoms with Crippen molar-refractivity contribution in [2.75, 3.05) is 0 Å². The molecule has 0 radical (unpaired) electrons. The Hall–Kier alpha value is -0.0100. The summed E-state index contributed by atoms with van der Waals surface area (Å²) in [5.74, 6) is 0. The summed E-state index contributed by atoms with van der Waals surface area (Å²) in [7, 11) is 0. The minimum atomic E-state index is -0.171. The lowest BCUT2D eigenvalue weighted by Crippen LogP contribution is -2.53. The summed E-state index contributed by atoms with van der Waals surface area (Å²) in [6, 6.07) is 0. The van der Waals surface area contributed by atoms with Gasteiger partial charge in [0.2, 0.25) is 0 Å². The van der Waals surface area contributed by atoms with Crippen molar-refractivity contribution < 1.29 is 4.74 Å². The van der Waals surface area contributed by atoms with E-state index in [2.05, 4.69) is 39.8 Å². The molecule has 0 aromatic rings. The van der Waals surface area contributed by atoms with E-state index in [-0.39, 0.29) is 22.0 Å². The first-order valence-electron chi connectivity index (χ1n) is 6.77. The molecule has 1 aliphatic heterocycles. The molecule has 1 spiro atoms. The van der Waals surface area contributed by atoms with Crippen LogP contribution in [0.5, 0.6) is 0 Å². The van der Waals surface area contributed by atoms with Gasteiger partial charge >= 0.3 is 0 Å². The lowest BCUT2D eigenvalue weighted by atomic mass is 9.49. The van der Waals surface area contributed by atoms with E-state index in [4.69, 9.17) is 16.3 Å². The minimum Gasteiger partial charge on any atom is -0.366 e. The van der Waals surface area contributed by atoms with Crippen molar-refractivity contribution in [2.24, 2.45) is 10.8 Å². The van der Waals surface area contributed by atoms with Gasteiger partial charge in [0.05, 0.1) is 16.6 Å². The highest BCUT2D eigenvalue weighted by atomic mass is 35.5. The van der Waals surface area contributed by atoms with Crippen molar-refractivity contribution in [2.45, 2.75) is 70.0 Å². The van der Waals surface area contributed by atoms with Gasteiger partial charge in [-0.1, -0.05) is 26.0 Å². The zero-order chi connectivity index (χ0) is 12.5. The molecule has 2 heteroatoms. The van der Waals surface area contributed by atoms with Crippen molar-refractivity contribution >= 4 is 11.6 Å². The van der Waals surface area contributed by atoms with Gasteiger partial charge in [-0.2, -0.15) is 0 Å². The van der Waals surface area contributed by atoms with Crippen LogP contribution in [0, 0.1) is 10.8 Å². The highest BCUT2D eigenvalue weighted by molar-refractivity contribution is 6.24. The van der Waals surface area contributed by atoms with Gasteiger partial charge in [0.15, 0.2) is 0 Å². The van der Waals surface area contributed by atoms with Crippen molar-refractivity contribution in [3.05, 3.63) is 12.2 Å². The summed E-state index contributed by atoms with van der Waals surface area (Å²) in [4.78, 5) is -0.171. The predicted molar refractivity (Wildman–Crippen MR) is 71.4 cm³/mol. The number of alkyl halides is 1. The number of rotatable bonds is 0. The van der Waals surface area contributed by atoms with Crippen molar-refractivity contribution in [1.29, 1.82) is 0 Å². The Labute approximate surface area is 110 Å². The first kappa shape index (κ1) is 12.0. The molecule has 1 nitrogen and oxygen atoms in total. The molecular formula is C15H23ClO. The van der Waals surface area contributed by atoms with Gasteiger partial charge in [0.1, 0.15) is 0 Å². The molecule has 3 rings (SSSR count). The molecule has 3 aliphatic rings. The van der Waals surface area contributed by atoms with Crippen LogP contribution >= 0.6 is 11.6 Å². The second kappa shape index (κ2) is 3.11. The number of halogens is 1. The molecule has 0 aromatic heterocycles. The molecule has 4 atom stereocenters. The maximum atomic E-state index is 6.63. The summed E-state index contributed by atoms with van der Waals surface area (Å²) in [6.45, 7) is 9.21. The fourth-order valence-electron chi connectivity index (χ4n) is 4.53. The standard InChI is InChI=1S/C15H23ClO/c1-12(2)6-5-7-14(4)15(12)9-8-13(3,16)11(10-15)17-14/h5,7,11H,6,8-10H2,1-4H3/t11-,13-,14+,15-/m1/s1. The normalized spacial score (nSPS) is 55.7. The van der Waals surface area contributed by atoms with Crippen LogP contribution in [0.4, 0.5) is 0 Å². The Morgan fingerprint density at radius 2 is 1.88 bits per heavy atom. The number of allylic oxidation sites excluding steroid dienone is 1. The maximum absolute atomic E-state index is 6.63. The third-order valence-electron chi connectivity index (χ3n) is 5.94. The van der Waals surface area contributed by atoms with Gasteiger partial charge in [0.25, 0.3) is 0 Å². The Balaban J connectivity index is 2.11. The van der Waals surface area contributed by atoms with Crippen molar-refractivity contribution in [3.63, 3.8) is 0 Å². The zero-order valence-corrected chi connectivity index (χ0v) is 12.1. The largest absolute Gasteiger partial charge is 0.366 e. The Morgan fingerprint density at radius 1 is 1.18 bits per heavy atom. The molecule has 2 fully saturated rings. The molecule has 0 unspecified atom stereocenters. The van der Waals surface area contributed by atoms with Crippen LogP contribution < -0.4 is 0 Å². The molecule has 2 bridgehead atoms. The van der Waals surface area contributed by atoms with Crippen molar-refractivity contribution in [1.82, 2.24) is 0 Å². The van der Waals surface area contributed by atoms with E-state index >= 15 is 0 Å². The zero-order valence-electron chi connectivity index (χ0n) is 11.3. The molecule has 0 N–H and O–H groups in total. The predicted octanol–water partition coefficient (Wildman–Crippen LogP) is 4.30. The van der Waals surface area contributed by atoms with Crippen LogP contribution in [0.25, 0.3) is 0 Å². The quantitative estimate of drug-likeness (QED) is 0.463. The molecule has 17 heavy (non-hydrogen) atoms. The highest BCUT2D eigenvalue weighted by Gasteiger charge is 2.67. The molecule has 0 amide bonds. The molecule has 0 aromatic carbocycles. The number of hydrogen-bond acceptors (Lipinski definition) is 1. The number of hydrogen-bond donors (Lipinski definition) is 0. The van der Waals surface area contributed by atoms with Crippen LogP contribution in [-0.4, -0.2) is 16.6 Å². The summed E-state index contributed by atoms with van der Waals surface area (Å²) in [6.07, 6.45) is 9.38. The fraction of sp³-hybridized carbons (Fsp3) is 0.867. The van der Waals surface area contributed by atoms with Gasteiger partial charge < -0.3 is 4.74 Å². The molecule has 2 aliphatic carbocycles. The van der Waals surface area contributed by atoms with E-state index in [1.165, 1.54) is 6.42 Å². The first-order chi connectivity index (χ1) is 7.73. The van der Waals surface area contributed by atoms with Gasteiger partial charge in [0, 0.05) is 5.41 Å². The Morgan fingerprint density at radius 3 is 2.59 bits per heavy atom. The summed E-state index contributed by atoms with van der Waals surface area (Å²) < 4.78 is 6.40. The van der Waals surface area contributed by atoms with E-state index in [0.29, 0.717) is 5.41 Å². The van der Waals surface area contributed by atoms with Crippen LogP contribution in [-0.2, 0) is 4.74 Å². The van der Waals surface area contributed by atoms with E-state index in [1.807, 2.05) is 0 Å². The monoisotopic (exact) mass is 254 g/mol. The third-order valence-corrected chi connectivity index (χ3v) is 6.38. The Bertz CT molecular complexity index is 384. The van der Waals surface area contributed by atoms with E-state index in [0.717, 1.165) is 19.3 Å². The Kier molecular flexibility index (Phi) is 2.20. The van der Waals surface area contributed by atoms with E-state index in [1.54, 1.807) is 0 Å². The second-order valence-electron chi connectivity index (χ2n) is 7.27. The summed E-state index contributed by atoms with van der Waals surface area (Å²) >= 11 is 6.63. The summed E-state index contributed by atoms with van der Waals surface area (Å²) in [5, 5.41) is 0. The number of ether oxygens (including phenoxy) is 1. The topological polar surface area (TPSA) is 9.23 Å². The summed E-state index contributed by atoms with van der Waals surface area (Å²) in [5.41, 5.74) is 0.499. The average molecular weight is 255 g/mol. The lowest BCUT2D eigenvalue weighted by Gasteiger charge is -2.55. The average Bonchev–Trinajstić information content (AvgIpc) is 2.46. The van der Waals surface area contributed by atoms with Crippen LogP contribution in [0.15, 0.2) is 12.2 Å². The highest BCUT2D eigenvalue weighted by Crippen LogP contribution is 2.68. The van der Waals surface area contributed by atoms with E-state index in [9.17, 15) is 0 Å². The van der Waals surface area contributed by atoms with Gasteiger partial charge in [-0.15, -0.1) is 11.6 Å². The molecule has 1 saturated heterocycles. The SMILES string of the molecule is CC1(C)CC=C[C@]2(C)O[C@@H]3C[C@]12CC[C@@]3(C)Cl. The smallest absolute Gasteiger partial charge is 0.0901 e. The molecule has 1 saturated carbocycles. The molecule has 96 valence electrons. The second-order valence-corrected chi connectivity index (χ2v) is 8.13. The fourth-order valence-corrected chi connectivity index (χ4v) is 4.75. The van der Waals surface area contributed by atoms with Gasteiger partial charge in [-0.25, -0.2) is 0 Å². The van der Waals surface area contributed by atoms with Crippen molar-refractivity contribution in [3.8, 4) is 0 Å². The van der Waals surface area contributed by atoms with E-state index < -0.39 is 0 Å². The number of fused-ring (bicyclic) bond motifs is 1. The van der Waals surface area contributed by atoms with Gasteiger partial charge in [-0.05, 0) is 44.9 Å². The van der Waals surface area contributed by atoms with Crippen LogP contribution in [0.3, 0.4) is 0 Å². The van der Waals surface area contributed by atoms with Gasteiger partial charge in [-0.3, -0.25) is 0 Å². The first-order valence-corrected chi connectivity index (χ1v) is 7.15. The van der Waals surface area contributed by atoms with Crippen LogP contribution in [0.2, 0.25) is 0 Å². The minimum absolute atomic E-state index is 0.105. The van der Waals surface area contributed by atoms with Crippen LogP contribution in [0.1, 0.15) is 53.4 Å². The third kappa shape index (κ3) is 1.30. The molecule has 1 heterocycles. The lowest BCUT2D eigenvalue weighted by molar-refractivity contribution is -0.0827.